The van der Waals surface area contributed by atoms with Crippen LogP contribution in [0, 0.1) is 0 Å². The van der Waals surface area contributed by atoms with Crippen LogP contribution in [0.25, 0.3) is 0 Å². The van der Waals surface area contributed by atoms with Crippen molar-refractivity contribution in [2.24, 2.45) is 0 Å². The second-order valence-corrected chi connectivity index (χ2v) is 5.65. The average molecular weight is 290 g/mol. The van der Waals surface area contributed by atoms with E-state index in [2.05, 4.69) is 34.5 Å². The fraction of sp³-hybridized carbons (Fsp3) is 0.625. The predicted octanol–water partition coefficient (Wildman–Crippen LogP) is 1.80. The molecule has 0 aromatic carbocycles. The van der Waals surface area contributed by atoms with Crippen molar-refractivity contribution in [3.05, 3.63) is 24.0 Å². The summed E-state index contributed by atoms with van der Waals surface area (Å²) >= 11 is 0. The molecule has 0 unspecified atom stereocenters. The van der Waals surface area contributed by atoms with Gasteiger partial charge in [0.25, 0.3) is 5.91 Å². The van der Waals surface area contributed by atoms with E-state index in [1.54, 1.807) is 13.2 Å². The Kier molecular flexibility index (Phi) is 5.56. The Bertz CT molecular complexity index is 469. The molecule has 1 amide bonds. The zero-order chi connectivity index (χ0) is 15.2. The number of rotatable bonds is 5. The summed E-state index contributed by atoms with van der Waals surface area (Å²) in [5.74, 6) is -0.138. The first kappa shape index (κ1) is 15.8. The monoisotopic (exact) mass is 290 g/mol. The molecule has 2 N–H and O–H groups in total. The van der Waals surface area contributed by atoms with Gasteiger partial charge in [-0.3, -0.25) is 9.78 Å². The highest BCUT2D eigenvalue weighted by molar-refractivity contribution is 5.92. The number of carbonyl (C=O) groups is 1. The number of anilines is 1. The highest BCUT2D eigenvalue weighted by Gasteiger charge is 2.24. The molecule has 1 aliphatic rings. The van der Waals surface area contributed by atoms with Gasteiger partial charge in [0, 0.05) is 38.1 Å². The van der Waals surface area contributed by atoms with Gasteiger partial charge in [0.1, 0.15) is 5.69 Å². The van der Waals surface area contributed by atoms with Crippen LogP contribution in [0.2, 0.25) is 0 Å². The fourth-order valence-corrected chi connectivity index (χ4v) is 3.06. The second-order valence-electron chi connectivity index (χ2n) is 5.65. The first-order chi connectivity index (χ1) is 10.2. The van der Waals surface area contributed by atoms with Crippen LogP contribution >= 0.6 is 0 Å². The van der Waals surface area contributed by atoms with Gasteiger partial charge in [-0.15, -0.1) is 0 Å². The van der Waals surface area contributed by atoms with E-state index in [4.69, 9.17) is 0 Å². The van der Waals surface area contributed by atoms with E-state index in [1.165, 1.54) is 25.7 Å². The maximum absolute atomic E-state index is 11.7. The van der Waals surface area contributed by atoms with Crippen LogP contribution < -0.4 is 15.5 Å². The van der Waals surface area contributed by atoms with Crippen molar-refractivity contribution in [1.82, 2.24) is 15.6 Å². The minimum absolute atomic E-state index is 0.138. The van der Waals surface area contributed by atoms with E-state index >= 15 is 0 Å². The highest BCUT2D eigenvalue weighted by atomic mass is 16.1. The predicted molar refractivity (Wildman–Crippen MR) is 85.8 cm³/mol. The van der Waals surface area contributed by atoms with Crippen LogP contribution in [0.5, 0.6) is 0 Å². The van der Waals surface area contributed by atoms with Gasteiger partial charge < -0.3 is 15.5 Å². The van der Waals surface area contributed by atoms with Crippen molar-refractivity contribution >= 4 is 11.6 Å². The van der Waals surface area contributed by atoms with Crippen molar-refractivity contribution in [2.75, 3.05) is 25.5 Å². The van der Waals surface area contributed by atoms with Crippen LogP contribution in [0.15, 0.2) is 18.3 Å². The standard InChI is InChI=1S/C16H26N4O/c1-4-18-12-5-7-13(8-6-12)20(3)14-9-10-19-15(11-14)16(21)17-2/h9-13,18H,4-8H2,1-3H3,(H,17,21). The third-order valence-corrected chi connectivity index (χ3v) is 4.35. The van der Waals surface area contributed by atoms with Crippen molar-refractivity contribution in [2.45, 2.75) is 44.7 Å². The second kappa shape index (κ2) is 7.41. The summed E-state index contributed by atoms with van der Waals surface area (Å²) in [4.78, 5) is 18.1. The Balaban J connectivity index is 2.00. The number of hydrogen-bond donors (Lipinski definition) is 2. The van der Waals surface area contributed by atoms with Gasteiger partial charge in [0.2, 0.25) is 0 Å². The lowest BCUT2D eigenvalue weighted by Crippen LogP contribution is -2.41. The Morgan fingerprint density at radius 3 is 2.71 bits per heavy atom. The Labute approximate surface area is 127 Å². The van der Waals surface area contributed by atoms with E-state index in [0.29, 0.717) is 17.8 Å². The normalized spacial score (nSPS) is 21.9. The quantitative estimate of drug-likeness (QED) is 0.868. The molecule has 21 heavy (non-hydrogen) atoms. The van der Waals surface area contributed by atoms with Gasteiger partial charge in [0.05, 0.1) is 0 Å². The fourth-order valence-electron chi connectivity index (χ4n) is 3.06. The molecule has 1 fully saturated rings. The summed E-state index contributed by atoms with van der Waals surface area (Å²) in [7, 11) is 3.74. The molecule has 1 aromatic rings. The van der Waals surface area contributed by atoms with E-state index in [-0.39, 0.29) is 5.91 Å². The first-order valence-electron chi connectivity index (χ1n) is 7.80. The topological polar surface area (TPSA) is 57.3 Å². The number of amides is 1. The van der Waals surface area contributed by atoms with Gasteiger partial charge in [-0.05, 0) is 44.4 Å². The van der Waals surface area contributed by atoms with Crippen molar-refractivity contribution in [3.63, 3.8) is 0 Å². The molecule has 116 valence electrons. The van der Waals surface area contributed by atoms with Gasteiger partial charge in [-0.1, -0.05) is 6.92 Å². The molecule has 1 aliphatic carbocycles. The molecular weight excluding hydrogens is 264 g/mol. The summed E-state index contributed by atoms with van der Waals surface area (Å²) in [5, 5.41) is 6.15. The lowest BCUT2D eigenvalue weighted by Gasteiger charge is -2.36. The Morgan fingerprint density at radius 2 is 2.10 bits per heavy atom. The molecular formula is C16H26N4O. The number of pyridine rings is 1. The molecule has 0 radical (unpaired) electrons. The smallest absolute Gasteiger partial charge is 0.269 e. The number of nitrogens with one attached hydrogen (secondary N) is 2. The zero-order valence-corrected chi connectivity index (χ0v) is 13.2. The zero-order valence-electron chi connectivity index (χ0n) is 13.2. The summed E-state index contributed by atoms with van der Waals surface area (Å²) < 4.78 is 0. The minimum atomic E-state index is -0.138. The molecule has 5 heteroatoms. The van der Waals surface area contributed by atoms with Crippen LogP contribution in [-0.4, -0.2) is 43.6 Å². The van der Waals surface area contributed by atoms with Gasteiger partial charge in [-0.2, -0.15) is 0 Å². The molecule has 0 atom stereocenters. The minimum Gasteiger partial charge on any atom is -0.372 e. The summed E-state index contributed by atoms with van der Waals surface area (Å²) in [5.41, 5.74) is 1.54. The highest BCUT2D eigenvalue weighted by Crippen LogP contribution is 2.26. The maximum atomic E-state index is 11.7. The summed E-state index contributed by atoms with van der Waals surface area (Å²) in [6, 6.07) is 5.05. The largest absolute Gasteiger partial charge is 0.372 e. The lowest BCUT2D eigenvalue weighted by molar-refractivity contribution is 0.0958. The molecule has 1 heterocycles. The van der Waals surface area contributed by atoms with Crippen molar-refractivity contribution < 1.29 is 4.79 Å². The van der Waals surface area contributed by atoms with Crippen LogP contribution in [0.3, 0.4) is 0 Å². The molecule has 2 rings (SSSR count). The van der Waals surface area contributed by atoms with Gasteiger partial charge in [-0.25, -0.2) is 0 Å². The number of carbonyl (C=O) groups excluding carboxylic acids is 1. The van der Waals surface area contributed by atoms with Crippen molar-refractivity contribution in [3.8, 4) is 0 Å². The van der Waals surface area contributed by atoms with Gasteiger partial charge in [0.15, 0.2) is 0 Å². The van der Waals surface area contributed by atoms with Crippen LogP contribution in [0.4, 0.5) is 5.69 Å². The average Bonchev–Trinajstić information content (AvgIpc) is 2.54. The summed E-state index contributed by atoms with van der Waals surface area (Å²) in [6.45, 7) is 3.21. The molecule has 1 saturated carbocycles. The third-order valence-electron chi connectivity index (χ3n) is 4.35. The third kappa shape index (κ3) is 3.94. The van der Waals surface area contributed by atoms with E-state index in [0.717, 1.165) is 12.2 Å². The molecule has 0 aliphatic heterocycles. The van der Waals surface area contributed by atoms with Crippen LogP contribution in [-0.2, 0) is 0 Å². The van der Waals surface area contributed by atoms with E-state index in [9.17, 15) is 4.79 Å². The molecule has 0 spiro atoms. The van der Waals surface area contributed by atoms with E-state index in [1.807, 2.05) is 12.1 Å². The molecule has 0 saturated heterocycles. The Hall–Kier alpha value is -1.62. The maximum Gasteiger partial charge on any atom is 0.269 e. The number of nitrogens with zero attached hydrogens (tertiary/aromatic N) is 2. The molecule has 1 aromatic heterocycles. The first-order valence-corrected chi connectivity index (χ1v) is 7.80. The molecule has 0 bridgehead atoms. The molecule has 5 nitrogen and oxygen atoms in total. The Morgan fingerprint density at radius 1 is 1.38 bits per heavy atom. The van der Waals surface area contributed by atoms with Crippen molar-refractivity contribution in [1.29, 1.82) is 0 Å². The lowest BCUT2D eigenvalue weighted by atomic mass is 9.90. The van der Waals surface area contributed by atoms with E-state index < -0.39 is 0 Å². The number of hydrogen-bond acceptors (Lipinski definition) is 4. The number of aromatic nitrogens is 1. The van der Waals surface area contributed by atoms with Crippen LogP contribution in [0.1, 0.15) is 43.1 Å². The van der Waals surface area contributed by atoms with Gasteiger partial charge >= 0.3 is 0 Å². The SMILES string of the molecule is CCNC1CCC(N(C)c2ccnc(C(=O)NC)c2)CC1. The summed E-state index contributed by atoms with van der Waals surface area (Å²) in [6.07, 6.45) is 6.52.